The Bertz CT molecular complexity index is 409. The zero-order chi connectivity index (χ0) is 12.6. The topological polar surface area (TPSA) is 86.7 Å². The predicted octanol–water partition coefficient (Wildman–Crippen LogP) is 0.0258. The van der Waals surface area contributed by atoms with Gasteiger partial charge in [-0.25, -0.2) is 4.72 Å². The summed E-state index contributed by atoms with van der Waals surface area (Å²) in [6.45, 7) is 2.31. The second-order valence-electron chi connectivity index (χ2n) is 4.71. The molecule has 3 atom stereocenters. The van der Waals surface area contributed by atoms with E-state index in [1.165, 1.54) is 0 Å². The molecule has 0 spiro atoms. The predicted molar refractivity (Wildman–Crippen MR) is 61.6 cm³/mol. The van der Waals surface area contributed by atoms with E-state index in [0.29, 0.717) is 6.54 Å². The monoisotopic (exact) mass is 262 g/mol. The van der Waals surface area contributed by atoms with E-state index in [1.54, 1.807) is 6.92 Å². The van der Waals surface area contributed by atoms with Gasteiger partial charge in [-0.15, -0.1) is 0 Å². The highest BCUT2D eigenvalue weighted by atomic mass is 32.2. The van der Waals surface area contributed by atoms with Crippen LogP contribution in [0.1, 0.15) is 26.2 Å². The summed E-state index contributed by atoms with van der Waals surface area (Å²) in [5.41, 5.74) is 0. The lowest BCUT2D eigenvalue weighted by atomic mass is 9.94. The molecule has 1 saturated heterocycles. The number of carbonyl (C=O) groups is 1. The zero-order valence-corrected chi connectivity index (χ0v) is 10.6. The van der Waals surface area contributed by atoms with Crippen LogP contribution >= 0.6 is 0 Å². The Morgan fingerprint density at radius 1 is 1.47 bits per heavy atom. The van der Waals surface area contributed by atoms with E-state index in [0.717, 1.165) is 23.6 Å². The Morgan fingerprint density at radius 3 is 2.76 bits per heavy atom. The van der Waals surface area contributed by atoms with Crippen molar-refractivity contribution in [3.05, 3.63) is 0 Å². The number of carboxylic acids is 1. The maximum Gasteiger partial charge on any atom is 0.322 e. The van der Waals surface area contributed by atoms with E-state index >= 15 is 0 Å². The van der Waals surface area contributed by atoms with Crippen LogP contribution in [-0.2, 0) is 15.0 Å². The van der Waals surface area contributed by atoms with Gasteiger partial charge in [0.05, 0.1) is 0 Å². The molecule has 2 N–H and O–H groups in total. The van der Waals surface area contributed by atoms with Gasteiger partial charge in [-0.1, -0.05) is 13.3 Å². The molecule has 2 rings (SSSR count). The summed E-state index contributed by atoms with van der Waals surface area (Å²) in [4.78, 5) is 11.3. The minimum Gasteiger partial charge on any atom is -0.480 e. The van der Waals surface area contributed by atoms with Crippen molar-refractivity contribution in [3.8, 4) is 0 Å². The van der Waals surface area contributed by atoms with Crippen molar-refractivity contribution < 1.29 is 18.3 Å². The van der Waals surface area contributed by atoms with Crippen LogP contribution < -0.4 is 4.72 Å². The molecule has 0 bridgehead atoms. The van der Waals surface area contributed by atoms with Gasteiger partial charge in [0.15, 0.2) is 0 Å². The van der Waals surface area contributed by atoms with Crippen LogP contribution in [0.4, 0.5) is 0 Å². The first-order valence-corrected chi connectivity index (χ1v) is 7.40. The van der Waals surface area contributed by atoms with Gasteiger partial charge < -0.3 is 5.11 Å². The van der Waals surface area contributed by atoms with Gasteiger partial charge in [0.2, 0.25) is 0 Å². The molecule has 0 aromatic rings. The van der Waals surface area contributed by atoms with E-state index in [4.69, 9.17) is 0 Å². The molecule has 1 saturated carbocycles. The van der Waals surface area contributed by atoms with Gasteiger partial charge in [0.25, 0.3) is 10.2 Å². The Hall–Kier alpha value is -0.660. The lowest BCUT2D eigenvalue weighted by molar-refractivity contribution is -0.142. The van der Waals surface area contributed by atoms with Crippen molar-refractivity contribution >= 4 is 16.2 Å². The van der Waals surface area contributed by atoms with Gasteiger partial charge >= 0.3 is 5.97 Å². The molecule has 0 aromatic heterocycles. The average molecular weight is 262 g/mol. The molecular weight excluding hydrogens is 244 g/mol. The van der Waals surface area contributed by atoms with Gasteiger partial charge in [-0.3, -0.25) is 4.79 Å². The first-order chi connectivity index (χ1) is 7.97. The lowest BCUT2D eigenvalue weighted by Gasteiger charge is -2.23. The molecule has 2 fully saturated rings. The first kappa shape index (κ1) is 12.8. The van der Waals surface area contributed by atoms with Crippen LogP contribution in [-0.4, -0.2) is 42.9 Å². The molecule has 17 heavy (non-hydrogen) atoms. The molecule has 3 unspecified atom stereocenters. The zero-order valence-electron chi connectivity index (χ0n) is 9.80. The van der Waals surface area contributed by atoms with Crippen LogP contribution in [0.3, 0.4) is 0 Å². The third kappa shape index (κ3) is 2.19. The Morgan fingerprint density at radius 2 is 2.18 bits per heavy atom. The maximum absolute atomic E-state index is 11.9. The fourth-order valence-electron chi connectivity index (χ4n) is 3.09. The Kier molecular flexibility index (Phi) is 3.42. The number of aliphatic carboxylic acids is 1. The summed E-state index contributed by atoms with van der Waals surface area (Å²) in [7, 11) is -3.64. The summed E-state index contributed by atoms with van der Waals surface area (Å²) in [5, 5.41) is 9.23. The van der Waals surface area contributed by atoms with E-state index in [-0.39, 0.29) is 18.4 Å². The van der Waals surface area contributed by atoms with Crippen LogP contribution in [0.5, 0.6) is 0 Å². The molecule has 7 heteroatoms. The number of hydrogen-bond donors (Lipinski definition) is 2. The summed E-state index contributed by atoms with van der Waals surface area (Å²) in [6, 6.07) is -0.883. The number of rotatable bonds is 4. The molecule has 0 aromatic carbocycles. The fourth-order valence-corrected chi connectivity index (χ4v) is 4.55. The highest BCUT2D eigenvalue weighted by Crippen LogP contribution is 2.43. The van der Waals surface area contributed by atoms with Gasteiger partial charge in [-0.2, -0.15) is 12.7 Å². The Balaban J connectivity index is 2.26. The highest BCUT2D eigenvalue weighted by Gasteiger charge is 2.51. The molecule has 98 valence electrons. The van der Waals surface area contributed by atoms with Crippen molar-refractivity contribution in [3.63, 3.8) is 0 Å². The number of nitrogens with zero attached hydrogens (tertiary/aromatic N) is 1. The summed E-state index contributed by atoms with van der Waals surface area (Å²) < 4.78 is 27.4. The van der Waals surface area contributed by atoms with E-state index in [2.05, 4.69) is 4.72 Å². The van der Waals surface area contributed by atoms with E-state index < -0.39 is 22.2 Å². The maximum atomic E-state index is 11.9. The van der Waals surface area contributed by atoms with Gasteiger partial charge in [-0.05, 0) is 24.7 Å². The number of nitrogens with one attached hydrogen (secondary N) is 1. The SMILES string of the molecule is CCNS(=O)(=O)N1CC2CCCC2C1C(=O)O. The van der Waals surface area contributed by atoms with Crippen molar-refractivity contribution in [2.24, 2.45) is 11.8 Å². The van der Waals surface area contributed by atoms with Crippen molar-refractivity contribution in [1.29, 1.82) is 0 Å². The minimum absolute atomic E-state index is 0.0130. The standard InChI is InChI=1S/C10H18N2O4S/c1-2-11-17(15,16)12-6-7-4-3-5-8(7)9(12)10(13)14/h7-9,11H,2-6H2,1H3,(H,13,14). The number of carboxylic acid groups (broad SMARTS) is 1. The second kappa shape index (κ2) is 4.55. The Labute approximate surface area is 101 Å². The lowest BCUT2D eigenvalue weighted by Crippen LogP contribution is -2.48. The van der Waals surface area contributed by atoms with Crippen molar-refractivity contribution in [2.75, 3.05) is 13.1 Å². The third-order valence-corrected chi connectivity index (χ3v) is 5.38. The fraction of sp³-hybridized carbons (Fsp3) is 0.900. The molecule has 1 aliphatic carbocycles. The second-order valence-corrected chi connectivity index (χ2v) is 6.42. The molecule has 2 aliphatic rings. The van der Waals surface area contributed by atoms with Crippen molar-refractivity contribution in [2.45, 2.75) is 32.2 Å². The highest BCUT2D eigenvalue weighted by molar-refractivity contribution is 7.87. The van der Waals surface area contributed by atoms with Crippen LogP contribution in [0.15, 0.2) is 0 Å². The van der Waals surface area contributed by atoms with E-state index in [9.17, 15) is 18.3 Å². The average Bonchev–Trinajstić information content (AvgIpc) is 2.74. The van der Waals surface area contributed by atoms with Gasteiger partial charge in [0.1, 0.15) is 6.04 Å². The van der Waals surface area contributed by atoms with Crippen LogP contribution in [0.2, 0.25) is 0 Å². The summed E-state index contributed by atoms with van der Waals surface area (Å²) in [6.07, 6.45) is 2.76. The molecule has 1 heterocycles. The molecule has 0 amide bonds. The molecule has 6 nitrogen and oxygen atoms in total. The minimum atomic E-state index is -3.64. The first-order valence-electron chi connectivity index (χ1n) is 5.96. The van der Waals surface area contributed by atoms with Gasteiger partial charge in [0, 0.05) is 13.1 Å². The quantitative estimate of drug-likeness (QED) is 0.748. The molecule has 1 aliphatic heterocycles. The summed E-state index contributed by atoms with van der Waals surface area (Å²) in [5.74, 6) is -0.827. The normalized spacial score (nSPS) is 33.8. The van der Waals surface area contributed by atoms with Crippen LogP contribution in [0, 0.1) is 11.8 Å². The largest absolute Gasteiger partial charge is 0.480 e. The van der Waals surface area contributed by atoms with E-state index in [1.807, 2.05) is 0 Å². The third-order valence-electron chi connectivity index (χ3n) is 3.74. The smallest absolute Gasteiger partial charge is 0.322 e. The van der Waals surface area contributed by atoms with Crippen LogP contribution in [0.25, 0.3) is 0 Å². The molecule has 0 radical (unpaired) electrons. The molecular formula is C10H18N2O4S. The number of fused-ring (bicyclic) bond motifs is 1. The number of hydrogen-bond acceptors (Lipinski definition) is 3. The van der Waals surface area contributed by atoms with Crippen molar-refractivity contribution in [1.82, 2.24) is 9.03 Å². The summed E-state index contributed by atoms with van der Waals surface area (Å²) >= 11 is 0.